The molecule has 130 valence electrons. The second-order valence-electron chi connectivity index (χ2n) is 6.21. The highest BCUT2D eigenvalue weighted by Crippen LogP contribution is 2.43. The number of rotatable bonds is 3. The van der Waals surface area contributed by atoms with Crippen LogP contribution in [0.4, 0.5) is 0 Å². The smallest absolute Gasteiger partial charge is 0.257 e. The Morgan fingerprint density at radius 3 is 2.35 bits per heavy atom. The van der Waals surface area contributed by atoms with Crippen LogP contribution in [0.2, 0.25) is 5.02 Å². The van der Waals surface area contributed by atoms with Crippen LogP contribution in [0.5, 0.6) is 0 Å². The quantitative estimate of drug-likeness (QED) is 0.641. The van der Waals surface area contributed by atoms with Gasteiger partial charge in [-0.3, -0.25) is 9.69 Å². The lowest BCUT2D eigenvalue weighted by molar-refractivity contribution is -0.0543. The molecule has 0 saturated carbocycles. The zero-order valence-electron chi connectivity index (χ0n) is 13.7. The molecular weight excluding hydrogens is 414 g/mol. The third-order valence-electron chi connectivity index (χ3n) is 4.70. The number of aliphatic hydroxyl groups is 1. The topological polar surface area (TPSA) is 40.5 Å². The molecule has 1 aliphatic heterocycles. The molecule has 0 saturated heterocycles. The number of hydrogen-bond donors (Lipinski definition) is 1. The third-order valence-corrected chi connectivity index (χ3v) is 5.73. The van der Waals surface area contributed by atoms with E-state index in [2.05, 4.69) is 15.9 Å². The average molecular weight is 429 g/mol. The van der Waals surface area contributed by atoms with Crippen LogP contribution in [0.1, 0.15) is 27.0 Å². The van der Waals surface area contributed by atoms with Gasteiger partial charge in [0.05, 0.1) is 6.54 Å². The average Bonchev–Trinajstić information content (AvgIpc) is 2.87. The van der Waals surface area contributed by atoms with Gasteiger partial charge >= 0.3 is 0 Å². The molecule has 3 aromatic carbocycles. The van der Waals surface area contributed by atoms with E-state index in [-0.39, 0.29) is 12.5 Å². The Kier molecular flexibility index (Phi) is 4.35. The van der Waals surface area contributed by atoms with Gasteiger partial charge in [0.1, 0.15) is 0 Å². The molecule has 1 unspecified atom stereocenters. The van der Waals surface area contributed by atoms with E-state index in [1.165, 1.54) is 4.90 Å². The van der Waals surface area contributed by atoms with E-state index in [1.807, 2.05) is 30.3 Å². The first kappa shape index (κ1) is 17.3. The van der Waals surface area contributed by atoms with Crippen LogP contribution in [0.25, 0.3) is 0 Å². The molecule has 3 aromatic rings. The molecule has 1 atom stereocenters. The first-order chi connectivity index (χ1) is 12.5. The zero-order valence-corrected chi connectivity index (χ0v) is 16.0. The van der Waals surface area contributed by atoms with Crippen molar-refractivity contribution in [1.29, 1.82) is 0 Å². The second kappa shape index (κ2) is 6.54. The number of fused-ring (bicyclic) bond motifs is 1. The van der Waals surface area contributed by atoms with Crippen molar-refractivity contribution >= 4 is 33.4 Å². The summed E-state index contributed by atoms with van der Waals surface area (Å²) < 4.78 is 0.891. The molecule has 0 fully saturated rings. The van der Waals surface area contributed by atoms with Crippen LogP contribution in [-0.2, 0) is 12.3 Å². The lowest BCUT2D eigenvalue weighted by Crippen LogP contribution is -2.44. The van der Waals surface area contributed by atoms with Crippen LogP contribution in [-0.4, -0.2) is 15.9 Å². The summed E-state index contributed by atoms with van der Waals surface area (Å²) in [6, 6.07) is 21.8. The fourth-order valence-corrected chi connectivity index (χ4v) is 3.92. The maximum Gasteiger partial charge on any atom is 0.257 e. The minimum absolute atomic E-state index is 0.200. The predicted molar refractivity (Wildman–Crippen MR) is 105 cm³/mol. The van der Waals surface area contributed by atoms with Gasteiger partial charge in [-0.2, -0.15) is 0 Å². The molecule has 0 radical (unpaired) electrons. The van der Waals surface area contributed by atoms with Crippen molar-refractivity contribution in [3.05, 3.63) is 105 Å². The van der Waals surface area contributed by atoms with E-state index in [0.717, 1.165) is 10.0 Å². The van der Waals surface area contributed by atoms with Gasteiger partial charge < -0.3 is 5.11 Å². The van der Waals surface area contributed by atoms with Gasteiger partial charge in [-0.1, -0.05) is 76.1 Å². The molecule has 0 aliphatic carbocycles. The second-order valence-corrected chi connectivity index (χ2v) is 7.50. The van der Waals surface area contributed by atoms with Crippen molar-refractivity contribution in [3.8, 4) is 0 Å². The molecule has 1 amide bonds. The summed E-state index contributed by atoms with van der Waals surface area (Å²) in [4.78, 5) is 14.6. The van der Waals surface area contributed by atoms with Gasteiger partial charge in [-0.15, -0.1) is 0 Å². The molecule has 0 aromatic heterocycles. The zero-order chi connectivity index (χ0) is 18.3. The first-order valence-electron chi connectivity index (χ1n) is 8.15. The van der Waals surface area contributed by atoms with E-state index >= 15 is 0 Å². The summed E-state index contributed by atoms with van der Waals surface area (Å²) in [5.41, 5.74) is 1.07. The van der Waals surface area contributed by atoms with E-state index in [4.69, 9.17) is 11.6 Å². The Balaban J connectivity index is 1.87. The Morgan fingerprint density at radius 1 is 0.962 bits per heavy atom. The van der Waals surface area contributed by atoms with Gasteiger partial charge in [-0.25, -0.2) is 0 Å². The molecule has 5 heteroatoms. The summed E-state index contributed by atoms with van der Waals surface area (Å²) in [5, 5.41) is 12.3. The summed E-state index contributed by atoms with van der Waals surface area (Å²) in [6.07, 6.45) is 0. The monoisotopic (exact) mass is 427 g/mol. The summed E-state index contributed by atoms with van der Waals surface area (Å²) in [7, 11) is 0. The van der Waals surface area contributed by atoms with Crippen molar-refractivity contribution in [2.45, 2.75) is 12.3 Å². The molecule has 1 N–H and O–H groups in total. The van der Waals surface area contributed by atoms with Crippen LogP contribution in [0, 0.1) is 0 Å². The van der Waals surface area contributed by atoms with E-state index in [9.17, 15) is 9.90 Å². The van der Waals surface area contributed by atoms with Crippen molar-refractivity contribution in [3.63, 3.8) is 0 Å². The largest absolute Gasteiger partial charge is 0.363 e. The fourth-order valence-electron chi connectivity index (χ4n) is 3.39. The maximum atomic E-state index is 13.1. The number of halogens is 2. The number of nitrogens with zero attached hydrogens (tertiary/aromatic N) is 1. The van der Waals surface area contributed by atoms with E-state index in [0.29, 0.717) is 21.7 Å². The van der Waals surface area contributed by atoms with Crippen molar-refractivity contribution in [2.75, 3.05) is 0 Å². The Hall–Kier alpha value is -2.14. The minimum atomic E-state index is -1.55. The summed E-state index contributed by atoms with van der Waals surface area (Å²) >= 11 is 9.54. The van der Waals surface area contributed by atoms with Crippen molar-refractivity contribution in [2.24, 2.45) is 0 Å². The van der Waals surface area contributed by atoms with Crippen molar-refractivity contribution in [1.82, 2.24) is 4.90 Å². The van der Waals surface area contributed by atoms with E-state index in [1.54, 1.807) is 42.5 Å². The number of hydrogen-bond acceptors (Lipinski definition) is 2. The number of carbonyl (C=O) groups excluding carboxylic acids is 1. The molecule has 0 bridgehead atoms. The molecule has 3 nitrogen and oxygen atoms in total. The van der Waals surface area contributed by atoms with Gasteiger partial charge in [0.2, 0.25) is 0 Å². The fraction of sp³-hybridized carbons (Fsp3) is 0.0952. The van der Waals surface area contributed by atoms with Gasteiger partial charge in [0, 0.05) is 26.2 Å². The first-order valence-corrected chi connectivity index (χ1v) is 9.32. The highest BCUT2D eigenvalue weighted by Gasteiger charge is 2.49. The van der Waals surface area contributed by atoms with Gasteiger partial charge in [-0.05, 0) is 29.8 Å². The predicted octanol–water partition coefficient (Wildman–Crippen LogP) is 4.95. The molecule has 26 heavy (non-hydrogen) atoms. The van der Waals surface area contributed by atoms with Crippen LogP contribution in [0.3, 0.4) is 0 Å². The molecular formula is C21H15BrClNO2. The van der Waals surface area contributed by atoms with Crippen LogP contribution >= 0.6 is 27.5 Å². The molecule has 1 aliphatic rings. The molecule has 1 heterocycles. The Bertz CT molecular complexity index is 989. The summed E-state index contributed by atoms with van der Waals surface area (Å²) in [5.74, 6) is -0.200. The van der Waals surface area contributed by atoms with Crippen LogP contribution in [0.15, 0.2) is 77.3 Å². The normalized spacial score (nSPS) is 18.9. The molecule has 4 rings (SSSR count). The number of benzene rings is 3. The highest BCUT2D eigenvalue weighted by atomic mass is 79.9. The standard InChI is InChI=1S/C21H15BrClNO2/c22-19-8-4-1-5-14(19)13-24-20(25)17-6-2-3-7-18(17)21(24,26)15-9-11-16(23)12-10-15/h1-12,26H,13H2. The molecule has 0 spiro atoms. The van der Waals surface area contributed by atoms with Crippen LogP contribution < -0.4 is 0 Å². The Morgan fingerprint density at radius 2 is 1.62 bits per heavy atom. The van der Waals surface area contributed by atoms with Gasteiger partial charge in [0.25, 0.3) is 5.91 Å². The maximum absolute atomic E-state index is 13.1. The number of carbonyl (C=O) groups is 1. The SMILES string of the molecule is O=C1c2ccccc2C(O)(c2ccc(Cl)cc2)N1Cc1ccccc1Br. The lowest BCUT2D eigenvalue weighted by Gasteiger charge is -2.35. The third kappa shape index (κ3) is 2.65. The van der Waals surface area contributed by atoms with Crippen molar-refractivity contribution < 1.29 is 9.90 Å². The van der Waals surface area contributed by atoms with E-state index < -0.39 is 5.72 Å². The highest BCUT2D eigenvalue weighted by molar-refractivity contribution is 9.10. The van der Waals surface area contributed by atoms with Gasteiger partial charge in [0.15, 0.2) is 5.72 Å². The summed E-state index contributed by atoms with van der Waals surface area (Å²) in [6.45, 7) is 0.272. The lowest BCUT2D eigenvalue weighted by atomic mass is 9.93. The Labute approximate surface area is 165 Å². The number of amides is 1. The minimum Gasteiger partial charge on any atom is -0.363 e.